The molecule has 20 heavy (non-hydrogen) atoms. The second kappa shape index (κ2) is 6.56. The van der Waals surface area contributed by atoms with Gasteiger partial charge >= 0.3 is 0 Å². The molecule has 5 nitrogen and oxygen atoms in total. The van der Waals surface area contributed by atoms with E-state index in [9.17, 15) is 8.42 Å². The molecule has 1 aromatic rings. The average molecular weight is 297 g/mol. The van der Waals surface area contributed by atoms with E-state index in [0.29, 0.717) is 18.3 Å². The van der Waals surface area contributed by atoms with Gasteiger partial charge in [0, 0.05) is 19.1 Å². The predicted octanol–water partition coefficient (Wildman–Crippen LogP) is 1.62. The molecule has 0 radical (unpaired) electrons. The monoisotopic (exact) mass is 297 g/mol. The van der Waals surface area contributed by atoms with E-state index in [0.717, 1.165) is 6.54 Å². The van der Waals surface area contributed by atoms with E-state index in [1.807, 2.05) is 0 Å². The Morgan fingerprint density at radius 1 is 1.30 bits per heavy atom. The molecule has 0 aromatic heterocycles. The second-order valence-corrected chi connectivity index (χ2v) is 6.92. The number of nitrogens with zero attached hydrogens (tertiary/aromatic N) is 1. The Hall–Kier alpha value is -1.11. The number of anilines is 1. The summed E-state index contributed by atoms with van der Waals surface area (Å²) in [6.07, 6.45) is 5.17. The fraction of sp³-hybridized carbons (Fsp3) is 0.571. The van der Waals surface area contributed by atoms with Crippen molar-refractivity contribution in [3.8, 4) is 0 Å². The lowest BCUT2D eigenvalue weighted by molar-refractivity contribution is 0.254. The first kappa shape index (κ1) is 15.3. The number of rotatable bonds is 6. The molecule has 112 valence electrons. The fourth-order valence-corrected chi connectivity index (χ4v) is 3.47. The lowest BCUT2D eigenvalue weighted by atomic mass is 10.2. The highest BCUT2D eigenvalue weighted by Gasteiger charge is 2.19. The summed E-state index contributed by atoms with van der Waals surface area (Å²) >= 11 is 0. The maximum absolute atomic E-state index is 11.5. The molecule has 1 saturated carbocycles. The number of likely N-dealkylation sites (N-methyl/N-ethyl adjacent to an activating group) is 1. The van der Waals surface area contributed by atoms with Crippen LogP contribution in [0.1, 0.15) is 25.7 Å². The molecular weight excluding hydrogens is 274 g/mol. The summed E-state index contributed by atoms with van der Waals surface area (Å²) < 4.78 is 23.0. The minimum Gasteiger partial charge on any atom is -0.383 e. The minimum absolute atomic E-state index is 0.156. The van der Waals surface area contributed by atoms with Crippen molar-refractivity contribution in [3.63, 3.8) is 0 Å². The van der Waals surface area contributed by atoms with Gasteiger partial charge < -0.3 is 10.2 Å². The van der Waals surface area contributed by atoms with Crippen LogP contribution in [-0.4, -0.2) is 39.5 Å². The van der Waals surface area contributed by atoms with Crippen molar-refractivity contribution in [2.45, 2.75) is 36.6 Å². The number of nitrogens with two attached hydrogens (primary N) is 1. The average Bonchev–Trinajstić information content (AvgIpc) is 2.92. The first-order chi connectivity index (χ1) is 9.48. The zero-order chi connectivity index (χ0) is 14.6. The van der Waals surface area contributed by atoms with E-state index in [4.69, 9.17) is 5.14 Å². The van der Waals surface area contributed by atoms with E-state index in [1.54, 1.807) is 18.2 Å². The molecule has 3 N–H and O–H groups in total. The molecule has 1 fully saturated rings. The summed E-state index contributed by atoms with van der Waals surface area (Å²) in [7, 11) is -1.55. The summed E-state index contributed by atoms with van der Waals surface area (Å²) in [6.45, 7) is 1.60. The van der Waals surface area contributed by atoms with Gasteiger partial charge in [-0.25, -0.2) is 13.6 Å². The van der Waals surface area contributed by atoms with Crippen LogP contribution >= 0.6 is 0 Å². The molecule has 0 atom stereocenters. The van der Waals surface area contributed by atoms with Crippen LogP contribution in [0.2, 0.25) is 0 Å². The molecule has 1 aliphatic carbocycles. The van der Waals surface area contributed by atoms with Gasteiger partial charge in [0.15, 0.2) is 0 Å². The van der Waals surface area contributed by atoms with Crippen molar-refractivity contribution in [1.29, 1.82) is 0 Å². The van der Waals surface area contributed by atoms with Crippen molar-refractivity contribution in [3.05, 3.63) is 24.3 Å². The largest absolute Gasteiger partial charge is 0.383 e. The van der Waals surface area contributed by atoms with Crippen LogP contribution in [0.4, 0.5) is 5.69 Å². The Morgan fingerprint density at radius 2 is 1.95 bits per heavy atom. The number of para-hydroxylation sites is 1. The fourth-order valence-electron chi connectivity index (χ4n) is 2.76. The molecule has 0 spiro atoms. The molecule has 0 heterocycles. The van der Waals surface area contributed by atoms with Gasteiger partial charge in [0.1, 0.15) is 4.90 Å². The molecule has 0 saturated heterocycles. The zero-order valence-electron chi connectivity index (χ0n) is 11.9. The number of hydrogen-bond acceptors (Lipinski definition) is 4. The molecule has 0 aliphatic heterocycles. The van der Waals surface area contributed by atoms with Crippen LogP contribution in [-0.2, 0) is 10.0 Å². The first-order valence-electron chi connectivity index (χ1n) is 7.04. The van der Waals surface area contributed by atoms with E-state index in [1.165, 1.54) is 31.7 Å². The molecule has 0 bridgehead atoms. The molecule has 0 amide bonds. The van der Waals surface area contributed by atoms with Crippen LogP contribution in [0.3, 0.4) is 0 Å². The molecule has 0 unspecified atom stereocenters. The summed E-state index contributed by atoms with van der Waals surface area (Å²) in [4.78, 5) is 2.50. The Morgan fingerprint density at radius 3 is 2.60 bits per heavy atom. The van der Waals surface area contributed by atoms with E-state index in [2.05, 4.69) is 17.3 Å². The smallest absolute Gasteiger partial charge is 0.240 e. The Kier molecular flexibility index (Phi) is 5.01. The lowest BCUT2D eigenvalue weighted by Crippen LogP contribution is -2.33. The summed E-state index contributed by atoms with van der Waals surface area (Å²) in [5.74, 6) is 0. The Bertz CT molecular complexity index is 539. The summed E-state index contributed by atoms with van der Waals surface area (Å²) in [5.41, 5.74) is 0.579. The van der Waals surface area contributed by atoms with Crippen molar-refractivity contribution < 1.29 is 8.42 Å². The SMILES string of the molecule is CN(CCNc1ccccc1S(N)(=O)=O)C1CCCC1. The summed E-state index contributed by atoms with van der Waals surface area (Å²) in [5, 5.41) is 8.38. The highest BCUT2D eigenvalue weighted by molar-refractivity contribution is 7.89. The third-order valence-corrected chi connectivity index (χ3v) is 4.89. The van der Waals surface area contributed by atoms with Gasteiger partial charge in [0.2, 0.25) is 10.0 Å². The van der Waals surface area contributed by atoms with Crippen LogP contribution < -0.4 is 10.5 Å². The molecule has 1 aliphatic rings. The highest BCUT2D eigenvalue weighted by Crippen LogP contribution is 2.22. The van der Waals surface area contributed by atoms with Gasteiger partial charge in [0.05, 0.1) is 5.69 Å². The second-order valence-electron chi connectivity index (χ2n) is 5.39. The normalized spacial score (nSPS) is 16.8. The Balaban J connectivity index is 1.91. The van der Waals surface area contributed by atoms with Gasteiger partial charge in [0.25, 0.3) is 0 Å². The number of primary sulfonamides is 1. The number of sulfonamides is 1. The van der Waals surface area contributed by atoms with Gasteiger partial charge in [-0.15, -0.1) is 0 Å². The zero-order valence-corrected chi connectivity index (χ0v) is 12.7. The van der Waals surface area contributed by atoms with Crippen molar-refractivity contribution >= 4 is 15.7 Å². The van der Waals surface area contributed by atoms with Crippen LogP contribution in [0.5, 0.6) is 0 Å². The molecule has 2 rings (SSSR count). The third-order valence-electron chi connectivity index (χ3n) is 3.92. The van der Waals surface area contributed by atoms with E-state index in [-0.39, 0.29) is 4.90 Å². The standard InChI is InChI=1S/C14H23N3O2S/c1-17(12-6-2-3-7-12)11-10-16-13-8-4-5-9-14(13)20(15,18)19/h4-5,8-9,12,16H,2-3,6-7,10-11H2,1H3,(H2,15,18,19). The summed E-state index contributed by atoms with van der Waals surface area (Å²) in [6, 6.07) is 7.42. The lowest BCUT2D eigenvalue weighted by Gasteiger charge is -2.24. The topological polar surface area (TPSA) is 75.4 Å². The van der Waals surface area contributed by atoms with Crippen molar-refractivity contribution in [2.75, 3.05) is 25.5 Å². The third kappa shape index (κ3) is 3.94. The predicted molar refractivity (Wildman–Crippen MR) is 81.2 cm³/mol. The maximum Gasteiger partial charge on any atom is 0.240 e. The minimum atomic E-state index is -3.68. The number of benzene rings is 1. The highest BCUT2D eigenvalue weighted by atomic mass is 32.2. The van der Waals surface area contributed by atoms with Gasteiger partial charge in [-0.3, -0.25) is 0 Å². The molecule has 1 aromatic carbocycles. The first-order valence-corrected chi connectivity index (χ1v) is 8.59. The number of hydrogen-bond donors (Lipinski definition) is 2. The van der Waals surface area contributed by atoms with Crippen molar-refractivity contribution in [2.24, 2.45) is 5.14 Å². The number of nitrogens with one attached hydrogen (secondary N) is 1. The van der Waals surface area contributed by atoms with Crippen molar-refractivity contribution in [1.82, 2.24) is 4.90 Å². The van der Waals surface area contributed by atoms with Crippen LogP contribution in [0.25, 0.3) is 0 Å². The Labute approximate surface area is 121 Å². The molecule has 6 heteroatoms. The quantitative estimate of drug-likeness (QED) is 0.836. The maximum atomic E-state index is 11.5. The van der Waals surface area contributed by atoms with E-state index < -0.39 is 10.0 Å². The van der Waals surface area contributed by atoms with Gasteiger partial charge in [-0.2, -0.15) is 0 Å². The van der Waals surface area contributed by atoms with E-state index >= 15 is 0 Å². The van der Waals surface area contributed by atoms with Gasteiger partial charge in [-0.1, -0.05) is 25.0 Å². The van der Waals surface area contributed by atoms with Crippen LogP contribution in [0.15, 0.2) is 29.2 Å². The van der Waals surface area contributed by atoms with Gasteiger partial charge in [-0.05, 0) is 32.0 Å². The molecular formula is C14H23N3O2S. The van der Waals surface area contributed by atoms with Crippen LogP contribution in [0, 0.1) is 0 Å².